The molecule has 0 heterocycles. The highest BCUT2D eigenvalue weighted by Gasteiger charge is 2.09. The Labute approximate surface area is 128 Å². The van der Waals surface area contributed by atoms with Crippen molar-refractivity contribution in [3.63, 3.8) is 0 Å². The fourth-order valence-corrected chi connectivity index (χ4v) is 1.99. The number of anilines is 1. The summed E-state index contributed by atoms with van der Waals surface area (Å²) >= 11 is 5.79. The molecule has 2 aromatic rings. The van der Waals surface area contributed by atoms with Crippen molar-refractivity contribution in [2.45, 2.75) is 13.0 Å². The van der Waals surface area contributed by atoms with Gasteiger partial charge < -0.3 is 15.8 Å². The molecule has 0 radical (unpaired) electrons. The lowest BCUT2D eigenvalue weighted by atomic mass is 10.1. The van der Waals surface area contributed by atoms with E-state index in [2.05, 4.69) is 5.32 Å². The maximum Gasteiger partial charge on any atom is 0.262 e. The Morgan fingerprint density at radius 1 is 1.24 bits per heavy atom. The van der Waals surface area contributed by atoms with E-state index in [1.165, 1.54) is 0 Å². The van der Waals surface area contributed by atoms with Gasteiger partial charge in [0.05, 0.1) is 0 Å². The molecule has 4 nitrogen and oxygen atoms in total. The molecule has 1 atom stereocenters. The minimum absolute atomic E-state index is 0.0770. The summed E-state index contributed by atoms with van der Waals surface area (Å²) in [6, 6.07) is 14.2. The first-order chi connectivity index (χ1) is 10.1. The third-order valence-electron chi connectivity index (χ3n) is 2.90. The standard InChI is InChI=1S/C16H17ClN2O2/c1-11(18)14-4-2-3-5-15(14)21-10-16(20)19-13-8-6-12(17)7-9-13/h2-9,11H,10,18H2,1H3,(H,19,20)/t11-/m0/s1. The van der Waals surface area contributed by atoms with E-state index in [1.54, 1.807) is 30.3 Å². The molecule has 1 amide bonds. The van der Waals surface area contributed by atoms with Crippen LogP contribution in [-0.4, -0.2) is 12.5 Å². The molecule has 3 N–H and O–H groups in total. The first-order valence-electron chi connectivity index (χ1n) is 6.59. The van der Waals surface area contributed by atoms with E-state index < -0.39 is 0 Å². The summed E-state index contributed by atoms with van der Waals surface area (Å²) in [6.45, 7) is 1.79. The van der Waals surface area contributed by atoms with Crippen LogP contribution in [0.2, 0.25) is 5.02 Å². The van der Waals surface area contributed by atoms with Crippen LogP contribution in [0.4, 0.5) is 5.69 Å². The van der Waals surface area contributed by atoms with E-state index in [0.29, 0.717) is 16.5 Å². The maximum atomic E-state index is 11.9. The van der Waals surface area contributed by atoms with Crippen molar-refractivity contribution < 1.29 is 9.53 Å². The van der Waals surface area contributed by atoms with Crippen LogP contribution < -0.4 is 15.8 Å². The Hall–Kier alpha value is -2.04. The normalized spacial score (nSPS) is 11.8. The number of benzene rings is 2. The number of ether oxygens (including phenoxy) is 1. The number of carbonyl (C=O) groups excluding carboxylic acids is 1. The number of carbonyl (C=O) groups is 1. The Kier molecular flexibility index (Phi) is 5.20. The quantitative estimate of drug-likeness (QED) is 0.890. The van der Waals surface area contributed by atoms with E-state index >= 15 is 0 Å². The molecule has 5 heteroatoms. The van der Waals surface area contributed by atoms with E-state index in [0.717, 1.165) is 5.56 Å². The highest BCUT2D eigenvalue weighted by Crippen LogP contribution is 2.23. The number of rotatable bonds is 5. The number of para-hydroxylation sites is 1. The smallest absolute Gasteiger partial charge is 0.262 e. The van der Waals surface area contributed by atoms with Crippen molar-refractivity contribution in [3.05, 3.63) is 59.1 Å². The van der Waals surface area contributed by atoms with Crippen LogP contribution in [0.5, 0.6) is 5.75 Å². The van der Waals surface area contributed by atoms with Gasteiger partial charge in [0, 0.05) is 22.3 Å². The summed E-state index contributed by atoms with van der Waals surface area (Å²) in [5, 5.41) is 3.35. The van der Waals surface area contributed by atoms with Crippen LogP contribution in [0.15, 0.2) is 48.5 Å². The van der Waals surface area contributed by atoms with Gasteiger partial charge in [0.1, 0.15) is 5.75 Å². The Balaban J connectivity index is 1.94. The van der Waals surface area contributed by atoms with Gasteiger partial charge in [-0.05, 0) is 37.3 Å². The van der Waals surface area contributed by atoms with Gasteiger partial charge in [0.2, 0.25) is 0 Å². The SMILES string of the molecule is C[C@H](N)c1ccccc1OCC(=O)Nc1ccc(Cl)cc1. The summed E-state index contributed by atoms with van der Waals surface area (Å²) in [4.78, 5) is 11.9. The summed E-state index contributed by atoms with van der Waals surface area (Å²) in [5.74, 6) is 0.385. The number of nitrogens with two attached hydrogens (primary N) is 1. The summed E-state index contributed by atoms with van der Waals surface area (Å²) in [5.41, 5.74) is 7.41. The first-order valence-corrected chi connectivity index (χ1v) is 6.97. The van der Waals surface area contributed by atoms with Crippen LogP contribution in [0, 0.1) is 0 Å². The van der Waals surface area contributed by atoms with Gasteiger partial charge in [-0.2, -0.15) is 0 Å². The zero-order valence-corrected chi connectivity index (χ0v) is 12.4. The van der Waals surface area contributed by atoms with Crippen molar-refractivity contribution in [2.75, 3.05) is 11.9 Å². The lowest BCUT2D eigenvalue weighted by Gasteiger charge is -2.13. The molecule has 0 saturated heterocycles. The zero-order chi connectivity index (χ0) is 15.2. The van der Waals surface area contributed by atoms with Crippen molar-refractivity contribution in [1.29, 1.82) is 0 Å². The summed E-state index contributed by atoms with van der Waals surface area (Å²) in [6.07, 6.45) is 0. The molecule has 0 aliphatic heterocycles. The minimum atomic E-state index is -0.239. The third kappa shape index (κ3) is 4.48. The number of halogens is 1. The number of nitrogens with one attached hydrogen (secondary N) is 1. The zero-order valence-electron chi connectivity index (χ0n) is 11.7. The van der Waals surface area contributed by atoms with Gasteiger partial charge >= 0.3 is 0 Å². The second-order valence-electron chi connectivity index (χ2n) is 4.67. The summed E-state index contributed by atoms with van der Waals surface area (Å²) < 4.78 is 5.54. The molecule has 110 valence electrons. The van der Waals surface area contributed by atoms with Gasteiger partial charge in [-0.1, -0.05) is 29.8 Å². The topological polar surface area (TPSA) is 64.3 Å². The molecule has 0 fully saturated rings. The Morgan fingerprint density at radius 3 is 2.57 bits per heavy atom. The molecule has 0 aromatic heterocycles. The molecule has 0 spiro atoms. The van der Waals surface area contributed by atoms with E-state index in [9.17, 15) is 4.79 Å². The van der Waals surface area contributed by atoms with Crippen molar-refractivity contribution in [3.8, 4) is 5.75 Å². The number of amides is 1. The lowest BCUT2D eigenvalue weighted by Crippen LogP contribution is -2.21. The van der Waals surface area contributed by atoms with Crippen molar-refractivity contribution in [1.82, 2.24) is 0 Å². The second-order valence-corrected chi connectivity index (χ2v) is 5.11. The third-order valence-corrected chi connectivity index (χ3v) is 3.15. The maximum absolute atomic E-state index is 11.9. The monoisotopic (exact) mass is 304 g/mol. The molecule has 21 heavy (non-hydrogen) atoms. The van der Waals surface area contributed by atoms with Crippen LogP contribution in [0.25, 0.3) is 0 Å². The van der Waals surface area contributed by atoms with Gasteiger partial charge in [-0.3, -0.25) is 4.79 Å². The predicted octanol–water partition coefficient (Wildman–Crippen LogP) is 3.38. The average Bonchev–Trinajstić information content (AvgIpc) is 2.48. The molecule has 2 rings (SSSR count). The van der Waals surface area contributed by atoms with Gasteiger partial charge in [-0.15, -0.1) is 0 Å². The van der Waals surface area contributed by atoms with Crippen molar-refractivity contribution >= 4 is 23.2 Å². The average molecular weight is 305 g/mol. The van der Waals surface area contributed by atoms with Crippen LogP contribution >= 0.6 is 11.6 Å². The molecule has 0 unspecified atom stereocenters. The second kappa shape index (κ2) is 7.11. The van der Waals surface area contributed by atoms with Crippen LogP contribution in [0.3, 0.4) is 0 Å². The van der Waals surface area contributed by atoms with E-state index in [-0.39, 0.29) is 18.6 Å². The van der Waals surface area contributed by atoms with E-state index in [1.807, 2.05) is 25.1 Å². The Morgan fingerprint density at radius 2 is 1.90 bits per heavy atom. The van der Waals surface area contributed by atoms with Gasteiger partial charge in [0.15, 0.2) is 6.61 Å². The highest BCUT2D eigenvalue weighted by atomic mass is 35.5. The van der Waals surface area contributed by atoms with Crippen molar-refractivity contribution in [2.24, 2.45) is 5.73 Å². The fourth-order valence-electron chi connectivity index (χ4n) is 1.86. The molecular weight excluding hydrogens is 288 g/mol. The predicted molar refractivity (Wildman–Crippen MR) is 84.6 cm³/mol. The minimum Gasteiger partial charge on any atom is -0.483 e. The Bertz CT molecular complexity index is 612. The fraction of sp³-hybridized carbons (Fsp3) is 0.188. The lowest BCUT2D eigenvalue weighted by molar-refractivity contribution is -0.118. The summed E-state index contributed by atoms with van der Waals surface area (Å²) in [7, 11) is 0. The van der Waals surface area contributed by atoms with Crippen LogP contribution in [0.1, 0.15) is 18.5 Å². The number of hydrogen-bond donors (Lipinski definition) is 2. The van der Waals surface area contributed by atoms with Gasteiger partial charge in [-0.25, -0.2) is 0 Å². The largest absolute Gasteiger partial charge is 0.483 e. The number of hydrogen-bond acceptors (Lipinski definition) is 3. The first kappa shape index (κ1) is 15.4. The highest BCUT2D eigenvalue weighted by molar-refractivity contribution is 6.30. The van der Waals surface area contributed by atoms with Crippen LogP contribution in [-0.2, 0) is 4.79 Å². The molecule has 0 saturated carbocycles. The molecule has 2 aromatic carbocycles. The van der Waals surface area contributed by atoms with Gasteiger partial charge in [0.25, 0.3) is 5.91 Å². The molecular formula is C16H17ClN2O2. The molecule has 0 aliphatic carbocycles. The molecule has 0 aliphatic rings. The van der Waals surface area contributed by atoms with E-state index in [4.69, 9.17) is 22.1 Å². The molecule has 0 bridgehead atoms.